The smallest absolute Gasteiger partial charge is 0.321 e. The van der Waals surface area contributed by atoms with Crippen molar-refractivity contribution >= 4 is 29.4 Å². The second kappa shape index (κ2) is 10.3. The fraction of sp³-hybridized carbons (Fsp3) is 0.304. The van der Waals surface area contributed by atoms with Crippen LogP contribution in [-0.2, 0) is 4.79 Å². The Morgan fingerprint density at radius 1 is 1.03 bits per heavy atom. The second-order valence-corrected chi connectivity index (χ2v) is 6.95. The summed E-state index contributed by atoms with van der Waals surface area (Å²) >= 11 is 0. The van der Waals surface area contributed by atoms with Crippen molar-refractivity contribution in [1.82, 2.24) is 4.90 Å². The summed E-state index contributed by atoms with van der Waals surface area (Å²) in [5.41, 5.74) is 2.20. The summed E-state index contributed by atoms with van der Waals surface area (Å²) in [7, 11) is 0. The third kappa shape index (κ3) is 6.38. The van der Waals surface area contributed by atoms with E-state index in [2.05, 4.69) is 17.6 Å². The van der Waals surface area contributed by atoms with Crippen LogP contribution < -0.4 is 15.4 Å². The minimum Gasteiger partial charge on any atom is -0.494 e. The predicted molar refractivity (Wildman–Crippen MR) is 116 cm³/mol. The molecule has 2 aromatic rings. The van der Waals surface area contributed by atoms with Gasteiger partial charge in [0.25, 0.3) is 0 Å². The maximum absolute atomic E-state index is 12.2. The van der Waals surface area contributed by atoms with Crippen molar-refractivity contribution in [3.05, 3.63) is 60.2 Å². The lowest BCUT2D eigenvalue weighted by atomic mass is 10.2. The van der Waals surface area contributed by atoms with Crippen molar-refractivity contribution in [2.45, 2.75) is 26.2 Å². The van der Waals surface area contributed by atoms with E-state index in [1.165, 1.54) is 6.08 Å². The highest BCUT2D eigenvalue weighted by Crippen LogP contribution is 2.18. The standard InChI is InChI=1S/C23H27N3O3/c1-2-16-29-21-11-8-18(9-12-21)10-13-22(27)24-19-6-5-7-20(17-19)25-23(28)26-14-3-4-15-26/h5-13,17H,2-4,14-16H2,1H3,(H,24,27)(H,25,28)/b13-10+. The number of rotatable bonds is 7. The Kier molecular flexibility index (Phi) is 7.28. The Bertz CT molecular complexity index is 856. The van der Waals surface area contributed by atoms with E-state index in [0.717, 1.165) is 43.7 Å². The molecule has 1 aliphatic heterocycles. The SMILES string of the molecule is CCCOc1ccc(/C=C/C(=O)Nc2cccc(NC(=O)N3CCCC3)c2)cc1. The molecular formula is C23H27N3O3. The van der Waals surface area contributed by atoms with Crippen LogP contribution in [0.15, 0.2) is 54.6 Å². The van der Waals surface area contributed by atoms with Crippen molar-refractivity contribution in [2.24, 2.45) is 0 Å². The molecule has 0 aliphatic carbocycles. The highest BCUT2D eigenvalue weighted by Gasteiger charge is 2.17. The summed E-state index contributed by atoms with van der Waals surface area (Å²) in [5.74, 6) is 0.584. The van der Waals surface area contributed by atoms with Crippen LogP contribution in [0.1, 0.15) is 31.7 Å². The number of nitrogens with one attached hydrogen (secondary N) is 2. The van der Waals surface area contributed by atoms with E-state index in [1.807, 2.05) is 30.3 Å². The van der Waals surface area contributed by atoms with E-state index in [9.17, 15) is 9.59 Å². The average Bonchev–Trinajstić information content (AvgIpc) is 3.27. The van der Waals surface area contributed by atoms with Gasteiger partial charge in [-0.25, -0.2) is 4.79 Å². The van der Waals surface area contributed by atoms with Gasteiger partial charge in [-0.05, 0) is 61.2 Å². The first kappa shape index (κ1) is 20.5. The van der Waals surface area contributed by atoms with Gasteiger partial charge in [-0.15, -0.1) is 0 Å². The van der Waals surface area contributed by atoms with Crippen molar-refractivity contribution in [3.8, 4) is 5.75 Å². The van der Waals surface area contributed by atoms with Gasteiger partial charge in [0.05, 0.1) is 6.61 Å². The Morgan fingerprint density at radius 3 is 2.41 bits per heavy atom. The molecule has 0 aromatic heterocycles. The zero-order valence-electron chi connectivity index (χ0n) is 16.7. The van der Waals surface area contributed by atoms with Crippen LogP contribution in [0.3, 0.4) is 0 Å². The van der Waals surface area contributed by atoms with Gasteiger partial charge < -0.3 is 20.3 Å². The summed E-state index contributed by atoms with van der Waals surface area (Å²) in [6.07, 6.45) is 6.29. The fourth-order valence-electron chi connectivity index (χ4n) is 3.05. The van der Waals surface area contributed by atoms with Gasteiger partial charge in [-0.1, -0.05) is 25.1 Å². The van der Waals surface area contributed by atoms with Crippen LogP contribution >= 0.6 is 0 Å². The second-order valence-electron chi connectivity index (χ2n) is 6.95. The average molecular weight is 393 g/mol. The molecule has 152 valence electrons. The number of hydrogen-bond donors (Lipinski definition) is 2. The van der Waals surface area contributed by atoms with Crippen LogP contribution in [0.25, 0.3) is 6.08 Å². The molecule has 2 aromatic carbocycles. The Hall–Kier alpha value is -3.28. The number of carbonyl (C=O) groups excluding carboxylic acids is 2. The topological polar surface area (TPSA) is 70.7 Å². The molecule has 1 saturated heterocycles. The molecule has 0 bridgehead atoms. The molecule has 0 unspecified atom stereocenters. The maximum atomic E-state index is 12.2. The molecule has 6 heteroatoms. The third-order valence-corrected chi connectivity index (χ3v) is 4.55. The molecule has 3 amide bonds. The number of carbonyl (C=O) groups is 2. The monoisotopic (exact) mass is 393 g/mol. The number of amides is 3. The molecule has 0 spiro atoms. The highest BCUT2D eigenvalue weighted by atomic mass is 16.5. The van der Waals surface area contributed by atoms with E-state index in [0.29, 0.717) is 18.0 Å². The van der Waals surface area contributed by atoms with Crippen molar-refractivity contribution in [1.29, 1.82) is 0 Å². The molecule has 29 heavy (non-hydrogen) atoms. The van der Waals surface area contributed by atoms with Gasteiger partial charge in [-0.2, -0.15) is 0 Å². The molecule has 6 nitrogen and oxygen atoms in total. The Labute approximate surface area is 171 Å². The number of hydrogen-bond acceptors (Lipinski definition) is 3. The van der Waals surface area contributed by atoms with Crippen molar-refractivity contribution in [3.63, 3.8) is 0 Å². The summed E-state index contributed by atoms with van der Waals surface area (Å²) in [5, 5.41) is 5.70. The first-order valence-electron chi connectivity index (χ1n) is 10.0. The van der Waals surface area contributed by atoms with Gasteiger partial charge in [0.15, 0.2) is 0 Å². The van der Waals surface area contributed by atoms with Gasteiger partial charge in [0, 0.05) is 30.5 Å². The summed E-state index contributed by atoms with van der Waals surface area (Å²) in [6.45, 7) is 4.33. The van der Waals surface area contributed by atoms with Crippen LogP contribution in [0.2, 0.25) is 0 Å². The van der Waals surface area contributed by atoms with Crippen molar-refractivity contribution in [2.75, 3.05) is 30.3 Å². The Balaban J connectivity index is 1.53. The molecule has 2 N–H and O–H groups in total. The zero-order chi connectivity index (χ0) is 20.5. The molecule has 0 saturated carbocycles. The molecule has 0 atom stereocenters. The normalized spacial score (nSPS) is 13.5. The van der Waals surface area contributed by atoms with Crippen LogP contribution in [-0.4, -0.2) is 36.5 Å². The molecular weight excluding hydrogens is 366 g/mol. The van der Waals surface area contributed by atoms with Crippen molar-refractivity contribution < 1.29 is 14.3 Å². The minimum atomic E-state index is -0.237. The van der Waals surface area contributed by atoms with Crippen LogP contribution in [0, 0.1) is 0 Å². The predicted octanol–water partition coefficient (Wildman–Crippen LogP) is 4.76. The van der Waals surface area contributed by atoms with Crippen LogP contribution in [0.5, 0.6) is 5.75 Å². The van der Waals surface area contributed by atoms with Gasteiger partial charge in [0.2, 0.25) is 5.91 Å². The quantitative estimate of drug-likeness (QED) is 0.667. The summed E-state index contributed by atoms with van der Waals surface area (Å²) < 4.78 is 5.55. The Morgan fingerprint density at radius 2 is 1.72 bits per heavy atom. The summed E-state index contributed by atoms with van der Waals surface area (Å²) in [4.78, 5) is 26.2. The van der Waals surface area contributed by atoms with Gasteiger partial charge >= 0.3 is 6.03 Å². The lowest BCUT2D eigenvalue weighted by Gasteiger charge is -2.16. The molecule has 1 fully saturated rings. The number of benzene rings is 2. The van der Waals surface area contributed by atoms with E-state index < -0.39 is 0 Å². The van der Waals surface area contributed by atoms with Gasteiger partial charge in [0.1, 0.15) is 5.75 Å². The largest absolute Gasteiger partial charge is 0.494 e. The van der Waals surface area contributed by atoms with Crippen LogP contribution in [0.4, 0.5) is 16.2 Å². The minimum absolute atomic E-state index is 0.0998. The first-order chi connectivity index (χ1) is 14.1. The third-order valence-electron chi connectivity index (χ3n) is 4.55. The van der Waals surface area contributed by atoms with E-state index in [1.54, 1.807) is 29.2 Å². The maximum Gasteiger partial charge on any atom is 0.321 e. The molecule has 0 radical (unpaired) electrons. The molecule has 1 heterocycles. The lowest BCUT2D eigenvalue weighted by molar-refractivity contribution is -0.111. The zero-order valence-corrected chi connectivity index (χ0v) is 16.7. The highest BCUT2D eigenvalue weighted by molar-refractivity contribution is 6.02. The summed E-state index contributed by atoms with van der Waals surface area (Å²) in [6, 6.07) is 14.6. The number of urea groups is 1. The fourth-order valence-corrected chi connectivity index (χ4v) is 3.05. The van der Waals surface area contributed by atoms with Gasteiger partial charge in [-0.3, -0.25) is 4.79 Å². The number of likely N-dealkylation sites (tertiary alicyclic amines) is 1. The van der Waals surface area contributed by atoms with E-state index >= 15 is 0 Å². The number of anilines is 2. The molecule has 3 rings (SSSR count). The molecule has 1 aliphatic rings. The lowest BCUT2D eigenvalue weighted by Crippen LogP contribution is -2.32. The first-order valence-corrected chi connectivity index (χ1v) is 10.0. The number of nitrogens with zero attached hydrogens (tertiary/aromatic N) is 1. The number of ether oxygens (including phenoxy) is 1. The van der Waals surface area contributed by atoms with E-state index in [-0.39, 0.29) is 11.9 Å². The van der Waals surface area contributed by atoms with E-state index in [4.69, 9.17) is 4.74 Å².